The molecule has 0 aliphatic carbocycles. The van der Waals surface area contributed by atoms with E-state index in [1.165, 1.54) is 25.0 Å². The van der Waals surface area contributed by atoms with Gasteiger partial charge in [0.05, 0.1) is 6.61 Å². The van der Waals surface area contributed by atoms with Crippen LogP contribution >= 0.6 is 24.8 Å². The first kappa shape index (κ1) is 23.7. The first-order valence-corrected chi connectivity index (χ1v) is 7.02. The minimum Gasteiger partial charge on any atom is -0.494 e. The zero-order valence-corrected chi connectivity index (χ0v) is 14.5. The van der Waals surface area contributed by atoms with Crippen molar-refractivity contribution in [1.29, 1.82) is 0 Å². The third-order valence-corrected chi connectivity index (χ3v) is 3.66. The molecule has 4 nitrogen and oxygen atoms in total. The van der Waals surface area contributed by atoms with E-state index in [1.54, 1.807) is 12.1 Å². The molecule has 0 unspecified atom stereocenters. The Morgan fingerprint density at radius 3 is 2.36 bits per heavy atom. The van der Waals surface area contributed by atoms with E-state index in [0.29, 0.717) is 6.61 Å². The SMILES string of the molecule is CC1(NCCCOc2ccc(F)cc2)CCNCC1.Cl.Cl.O. The third-order valence-electron chi connectivity index (χ3n) is 3.66. The lowest BCUT2D eigenvalue weighted by molar-refractivity contribution is 0.250. The van der Waals surface area contributed by atoms with Crippen molar-refractivity contribution in [1.82, 2.24) is 10.6 Å². The summed E-state index contributed by atoms with van der Waals surface area (Å²) in [5.41, 5.74) is 0.265. The van der Waals surface area contributed by atoms with Gasteiger partial charge in [-0.25, -0.2) is 4.39 Å². The normalized spacial score (nSPS) is 15.7. The van der Waals surface area contributed by atoms with Crippen LogP contribution in [0.2, 0.25) is 0 Å². The van der Waals surface area contributed by atoms with Crippen LogP contribution in [0.3, 0.4) is 0 Å². The smallest absolute Gasteiger partial charge is 0.123 e. The zero-order chi connectivity index (χ0) is 13.6. The number of benzene rings is 1. The molecule has 4 N–H and O–H groups in total. The molecule has 7 heteroatoms. The molecule has 1 aliphatic rings. The van der Waals surface area contributed by atoms with E-state index in [2.05, 4.69) is 17.6 Å². The third kappa shape index (κ3) is 8.15. The van der Waals surface area contributed by atoms with Gasteiger partial charge in [0.1, 0.15) is 11.6 Å². The van der Waals surface area contributed by atoms with E-state index >= 15 is 0 Å². The van der Waals surface area contributed by atoms with Crippen LogP contribution in [0.1, 0.15) is 26.2 Å². The van der Waals surface area contributed by atoms with Gasteiger partial charge >= 0.3 is 0 Å². The van der Waals surface area contributed by atoms with Crippen LogP contribution in [0, 0.1) is 5.82 Å². The number of halogens is 3. The second kappa shape index (κ2) is 11.9. The van der Waals surface area contributed by atoms with Gasteiger partial charge in [-0.1, -0.05) is 0 Å². The Labute approximate surface area is 144 Å². The quantitative estimate of drug-likeness (QED) is 0.768. The van der Waals surface area contributed by atoms with Crippen molar-refractivity contribution in [3.63, 3.8) is 0 Å². The highest BCUT2D eigenvalue weighted by Gasteiger charge is 2.25. The van der Waals surface area contributed by atoms with Crippen molar-refractivity contribution in [2.75, 3.05) is 26.2 Å². The van der Waals surface area contributed by atoms with Gasteiger partial charge in [0.15, 0.2) is 0 Å². The second-order valence-electron chi connectivity index (χ2n) is 5.39. The van der Waals surface area contributed by atoms with Crippen molar-refractivity contribution >= 4 is 24.8 Å². The minimum atomic E-state index is -0.229. The largest absolute Gasteiger partial charge is 0.494 e. The summed E-state index contributed by atoms with van der Waals surface area (Å²) in [5, 5.41) is 6.99. The molecule has 2 rings (SSSR count). The second-order valence-corrected chi connectivity index (χ2v) is 5.39. The highest BCUT2D eigenvalue weighted by atomic mass is 35.5. The van der Waals surface area contributed by atoms with Gasteiger partial charge in [-0.2, -0.15) is 0 Å². The summed E-state index contributed by atoms with van der Waals surface area (Å²) in [5.74, 6) is 0.502. The van der Waals surface area contributed by atoms with Crippen molar-refractivity contribution < 1.29 is 14.6 Å². The zero-order valence-electron chi connectivity index (χ0n) is 12.9. The summed E-state index contributed by atoms with van der Waals surface area (Å²) in [4.78, 5) is 0. The Kier molecular flexibility index (Phi) is 12.8. The molecule has 1 heterocycles. The summed E-state index contributed by atoms with van der Waals surface area (Å²) >= 11 is 0. The molecular weight excluding hydrogens is 330 g/mol. The summed E-state index contributed by atoms with van der Waals surface area (Å²) < 4.78 is 18.3. The fraction of sp³-hybridized carbons (Fsp3) is 0.600. The van der Waals surface area contributed by atoms with E-state index in [-0.39, 0.29) is 41.6 Å². The topological polar surface area (TPSA) is 64.8 Å². The van der Waals surface area contributed by atoms with Crippen molar-refractivity contribution in [2.24, 2.45) is 0 Å². The Balaban J connectivity index is 0. The molecular formula is C15H27Cl2FN2O2. The highest BCUT2D eigenvalue weighted by molar-refractivity contribution is 5.85. The number of nitrogens with one attached hydrogen (secondary N) is 2. The molecule has 0 bridgehead atoms. The lowest BCUT2D eigenvalue weighted by atomic mass is 9.90. The van der Waals surface area contributed by atoms with Gasteiger partial charge < -0.3 is 20.8 Å². The Bertz CT molecular complexity index is 388. The van der Waals surface area contributed by atoms with E-state index in [0.717, 1.165) is 31.8 Å². The Morgan fingerprint density at radius 2 is 1.77 bits per heavy atom. The Hall–Kier alpha value is -0.590. The molecule has 1 aromatic carbocycles. The van der Waals surface area contributed by atoms with Crippen LogP contribution in [0.15, 0.2) is 24.3 Å². The number of piperidine rings is 1. The van der Waals surface area contributed by atoms with Crippen LogP contribution in [0.25, 0.3) is 0 Å². The van der Waals surface area contributed by atoms with E-state index in [9.17, 15) is 4.39 Å². The molecule has 1 fully saturated rings. The van der Waals surface area contributed by atoms with Gasteiger partial charge in [0, 0.05) is 5.54 Å². The van der Waals surface area contributed by atoms with Crippen molar-refractivity contribution in [3.05, 3.63) is 30.1 Å². The number of hydrogen-bond acceptors (Lipinski definition) is 3. The van der Waals surface area contributed by atoms with Gasteiger partial charge in [-0.05, 0) is 70.1 Å². The van der Waals surface area contributed by atoms with E-state index in [1.807, 2.05) is 0 Å². The van der Waals surface area contributed by atoms with Gasteiger partial charge in [0.25, 0.3) is 0 Å². The molecule has 0 spiro atoms. The van der Waals surface area contributed by atoms with Crippen LogP contribution in [0.4, 0.5) is 4.39 Å². The average Bonchev–Trinajstić information content (AvgIpc) is 2.41. The monoisotopic (exact) mass is 356 g/mol. The molecule has 1 aromatic rings. The number of ether oxygens (including phenoxy) is 1. The summed E-state index contributed by atoms with van der Waals surface area (Å²) in [6, 6.07) is 6.17. The maximum Gasteiger partial charge on any atom is 0.123 e. The first-order valence-electron chi connectivity index (χ1n) is 7.02. The first-order chi connectivity index (χ1) is 9.18. The van der Waals surface area contributed by atoms with Gasteiger partial charge in [0.2, 0.25) is 0 Å². The molecule has 0 radical (unpaired) electrons. The molecule has 22 heavy (non-hydrogen) atoms. The van der Waals surface area contributed by atoms with Crippen LogP contribution in [-0.4, -0.2) is 37.3 Å². The molecule has 0 amide bonds. The van der Waals surface area contributed by atoms with Gasteiger partial charge in [-0.3, -0.25) is 0 Å². The standard InChI is InChI=1S/C15H23FN2O.2ClH.H2O/c1-15(7-10-17-11-8-15)18-9-2-12-19-14-5-3-13(16)4-6-14;;;/h3-6,17-18H,2,7-12H2,1H3;2*1H;1H2. The number of rotatable bonds is 6. The molecule has 130 valence electrons. The Morgan fingerprint density at radius 1 is 1.18 bits per heavy atom. The van der Waals surface area contributed by atoms with Crippen LogP contribution in [0.5, 0.6) is 5.75 Å². The molecule has 0 aromatic heterocycles. The fourth-order valence-corrected chi connectivity index (χ4v) is 2.34. The molecule has 1 saturated heterocycles. The lowest BCUT2D eigenvalue weighted by Crippen LogP contribution is -2.50. The highest BCUT2D eigenvalue weighted by Crippen LogP contribution is 2.17. The molecule has 1 aliphatic heterocycles. The maximum atomic E-state index is 12.7. The number of hydrogen-bond donors (Lipinski definition) is 2. The average molecular weight is 357 g/mol. The van der Waals surface area contributed by atoms with Gasteiger partial charge in [-0.15, -0.1) is 24.8 Å². The summed E-state index contributed by atoms with van der Waals surface area (Å²) in [6.07, 6.45) is 3.30. The summed E-state index contributed by atoms with van der Waals surface area (Å²) in [6.45, 7) is 6.09. The molecule has 0 saturated carbocycles. The molecule has 0 atom stereocenters. The predicted molar refractivity (Wildman–Crippen MR) is 93.1 cm³/mol. The van der Waals surface area contributed by atoms with E-state index in [4.69, 9.17) is 4.74 Å². The minimum absolute atomic E-state index is 0. The lowest BCUT2D eigenvalue weighted by Gasteiger charge is -2.35. The van der Waals surface area contributed by atoms with Crippen LogP contribution in [-0.2, 0) is 0 Å². The van der Waals surface area contributed by atoms with E-state index < -0.39 is 0 Å². The van der Waals surface area contributed by atoms with Crippen LogP contribution < -0.4 is 15.4 Å². The van der Waals surface area contributed by atoms with Crippen molar-refractivity contribution in [3.8, 4) is 5.75 Å². The fourth-order valence-electron chi connectivity index (χ4n) is 2.34. The maximum absolute atomic E-state index is 12.7. The predicted octanol–water partition coefficient (Wildman–Crippen LogP) is 2.35. The van der Waals surface area contributed by atoms with Crippen molar-refractivity contribution in [2.45, 2.75) is 31.7 Å². The summed E-state index contributed by atoms with van der Waals surface area (Å²) in [7, 11) is 0.